The van der Waals surface area contributed by atoms with Crippen LogP contribution in [-0.4, -0.2) is 28.5 Å². The third kappa shape index (κ3) is 3.05. The minimum atomic E-state index is 0.0172. The number of hydrogen-bond acceptors (Lipinski definition) is 4. The van der Waals surface area contributed by atoms with E-state index in [4.69, 9.17) is 4.74 Å². The van der Waals surface area contributed by atoms with Crippen LogP contribution in [0.1, 0.15) is 21.1 Å². The van der Waals surface area contributed by atoms with E-state index in [-0.39, 0.29) is 12.4 Å². The summed E-state index contributed by atoms with van der Waals surface area (Å²) in [5.74, 6) is 0.0172. The van der Waals surface area contributed by atoms with Crippen molar-refractivity contribution in [3.8, 4) is 0 Å². The third-order valence-electron chi connectivity index (χ3n) is 2.78. The molecule has 0 aromatic carbocycles. The second-order valence-electron chi connectivity index (χ2n) is 4.09. The van der Waals surface area contributed by atoms with Gasteiger partial charge in [0.05, 0.1) is 23.5 Å². The molecule has 4 nitrogen and oxygen atoms in total. The minimum absolute atomic E-state index is 0.0172. The van der Waals surface area contributed by atoms with Crippen LogP contribution in [0.5, 0.6) is 0 Å². The molecule has 2 heterocycles. The maximum atomic E-state index is 11.8. The molecule has 18 heavy (non-hydrogen) atoms. The molecule has 0 radical (unpaired) electrons. The summed E-state index contributed by atoms with van der Waals surface area (Å²) in [5, 5.41) is 0. The molecule has 0 N–H and O–H groups in total. The summed E-state index contributed by atoms with van der Waals surface area (Å²) in [4.78, 5) is 17.2. The number of rotatable bonds is 6. The number of aromatic nitrogens is 2. The van der Waals surface area contributed by atoms with E-state index in [9.17, 15) is 4.79 Å². The predicted octanol–water partition coefficient (Wildman–Crippen LogP) is 2.23. The summed E-state index contributed by atoms with van der Waals surface area (Å²) in [6.07, 6.45) is 2.67. The molecule has 0 saturated carbocycles. The maximum absolute atomic E-state index is 11.8. The lowest BCUT2D eigenvalue weighted by Crippen LogP contribution is -2.13. The highest BCUT2D eigenvalue weighted by atomic mass is 32.1. The smallest absolute Gasteiger partial charge is 0.204 e. The number of hydrogen-bond donors (Lipinski definition) is 0. The standard InChI is InChI=1S/C13H16N2O2S/c1-10-13(18-9-14-10)5-7-17-8-12(16)11-4-3-6-15(11)2/h3-4,6,9H,5,7-8H2,1-2H3. The lowest BCUT2D eigenvalue weighted by Gasteiger charge is -2.04. The molecule has 0 spiro atoms. The van der Waals surface area contributed by atoms with E-state index in [0.29, 0.717) is 12.3 Å². The van der Waals surface area contributed by atoms with Crippen molar-refractivity contribution in [2.24, 2.45) is 7.05 Å². The molecule has 0 bridgehead atoms. The first-order chi connectivity index (χ1) is 8.68. The van der Waals surface area contributed by atoms with Crippen LogP contribution in [0.2, 0.25) is 0 Å². The van der Waals surface area contributed by atoms with E-state index in [1.807, 2.05) is 31.7 Å². The Morgan fingerprint density at radius 3 is 3.00 bits per heavy atom. The average Bonchev–Trinajstić information content (AvgIpc) is 2.94. The Kier molecular flexibility index (Phi) is 4.28. The van der Waals surface area contributed by atoms with Gasteiger partial charge in [0, 0.05) is 24.5 Å². The van der Waals surface area contributed by atoms with Gasteiger partial charge in [-0.3, -0.25) is 4.79 Å². The van der Waals surface area contributed by atoms with Crippen molar-refractivity contribution >= 4 is 17.1 Å². The first-order valence-electron chi connectivity index (χ1n) is 5.79. The molecule has 0 saturated heterocycles. The molecule has 2 rings (SSSR count). The van der Waals surface area contributed by atoms with Crippen LogP contribution in [-0.2, 0) is 18.2 Å². The van der Waals surface area contributed by atoms with Gasteiger partial charge < -0.3 is 9.30 Å². The zero-order valence-corrected chi connectivity index (χ0v) is 11.4. The summed E-state index contributed by atoms with van der Waals surface area (Å²) in [5.41, 5.74) is 3.57. The summed E-state index contributed by atoms with van der Waals surface area (Å²) in [7, 11) is 1.86. The number of ether oxygens (including phenoxy) is 1. The fraction of sp³-hybridized carbons (Fsp3) is 0.385. The fourth-order valence-corrected chi connectivity index (χ4v) is 2.48. The molecular weight excluding hydrogens is 248 g/mol. The summed E-state index contributed by atoms with van der Waals surface area (Å²) in [6.45, 7) is 2.68. The van der Waals surface area contributed by atoms with Crippen LogP contribution in [0, 0.1) is 6.92 Å². The highest BCUT2D eigenvalue weighted by Gasteiger charge is 2.09. The predicted molar refractivity (Wildman–Crippen MR) is 71.1 cm³/mol. The number of Topliss-reactive ketones (excluding diaryl/α,β-unsaturated/α-hetero) is 1. The van der Waals surface area contributed by atoms with Gasteiger partial charge in [0.1, 0.15) is 6.61 Å². The lowest BCUT2D eigenvalue weighted by atomic mass is 10.3. The van der Waals surface area contributed by atoms with Crippen molar-refractivity contribution in [1.82, 2.24) is 9.55 Å². The van der Waals surface area contributed by atoms with Crippen molar-refractivity contribution < 1.29 is 9.53 Å². The van der Waals surface area contributed by atoms with Gasteiger partial charge >= 0.3 is 0 Å². The van der Waals surface area contributed by atoms with Crippen LogP contribution < -0.4 is 0 Å². The topological polar surface area (TPSA) is 44.1 Å². The molecule has 0 aliphatic rings. The first-order valence-corrected chi connectivity index (χ1v) is 6.67. The molecule has 0 amide bonds. The number of nitrogens with zero attached hydrogens (tertiary/aromatic N) is 2. The lowest BCUT2D eigenvalue weighted by molar-refractivity contribution is 0.0758. The summed E-state index contributed by atoms with van der Waals surface area (Å²) < 4.78 is 7.22. The summed E-state index contributed by atoms with van der Waals surface area (Å²) >= 11 is 1.63. The maximum Gasteiger partial charge on any atom is 0.204 e. The molecule has 2 aromatic heterocycles. The van der Waals surface area contributed by atoms with Crippen molar-refractivity contribution in [2.75, 3.05) is 13.2 Å². The van der Waals surface area contributed by atoms with Gasteiger partial charge in [-0.05, 0) is 19.1 Å². The molecule has 2 aromatic rings. The SMILES string of the molecule is Cc1ncsc1CCOCC(=O)c1cccn1C. The van der Waals surface area contributed by atoms with E-state index in [2.05, 4.69) is 4.98 Å². The normalized spacial score (nSPS) is 10.8. The zero-order valence-electron chi connectivity index (χ0n) is 10.5. The largest absolute Gasteiger partial charge is 0.373 e. The van der Waals surface area contributed by atoms with Crippen LogP contribution in [0.4, 0.5) is 0 Å². The second-order valence-corrected chi connectivity index (χ2v) is 5.03. The van der Waals surface area contributed by atoms with Gasteiger partial charge in [0.25, 0.3) is 0 Å². The Bertz CT molecular complexity index is 531. The number of carbonyl (C=O) groups excluding carboxylic acids is 1. The fourth-order valence-electron chi connectivity index (χ4n) is 1.72. The Labute approximate surface area is 110 Å². The molecule has 0 aliphatic carbocycles. The second kappa shape index (κ2) is 5.93. The zero-order chi connectivity index (χ0) is 13.0. The molecule has 96 valence electrons. The van der Waals surface area contributed by atoms with Crippen molar-refractivity contribution in [3.05, 3.63) is 40.1 Å². The minimum Gasteiger partial charge on any atom is -0.373 e. The molecule has 0 aliphatic heterocycles. The van der Waals surface area contributed by atoms with Gasteiger partial charge in [-0.1, -0.05) is 0 Å². The number of aryl methyl sites for hydroxylation is 2. The van der Waals surface area contributed by atoms with E-state index in [0.717, 1.165) is 12.1 Å². The van der Waals surface area contributed by atoms with Gasteiger partial charge in [0.15, 0.2) is 0 Å². The molecule has 0 fully saturated rings. The molecule has 0 atom stereocenters. The van der Waals surface area contributed by atoms with E-state index in [1.54, 1.807) is 22.0 Å². The Morgan fingerprint density at radius 1 is 1.56 bits per heavy atom. The van der Waals surface area contributed by atoms with Crippen LogP contribution >= 0.6 is 11.3 Å². The van der Waals surface area contributed by atoms with E-state index in [1.165, 1.54) is 4.88 Å². The number of carbonyl (C=O) groups is 1. The van der Waals surface area contributed by atoms with Crippen molar-refractivity contribution in [3.63, 3.8) is 0 Å². The molecule has 5 heteroatoms. The van der Waals surface area contributed by atoms with Crippen molar-refractivity contribution in [2.45, 2.75) is 13.3 Å². The Hall–Kier alpha value is -1.46. The van der Waals surface area contributed by atoms with E-state index >= 15 is 0 Å². The first kappa shape index (κ1) is 13.0. The van der Waals surface area contributed by atoms with Gasteiger partial charge in [0.2, 0.25) is 5.78 Å². The van der Waals surface area contributed by atoms with Gasteiger partial charge in [-0.2, -0.15) is 0 Å². The van der Waals surface area contributed by atoms with Crippen LogP contribution in [0.3, 0.4) is 0 Å². The monoisotopic (exact) mass is 264 g/mol. The van der Waals surface area contributed by atoms with Crippen molar-refractivity contribution in [1.29, 1.82) is 0 Å². The van der Waals surface area contributed by atoms with Gasteiger partial charge in [-0.25, -0.2) is 4.98 Å². The Balaban J connectivity index is 1.75. The van der Waals surface area contributed by atoms with E-state index < -0.39 is 0 Å². The Morgan fingerprint density at radius 2 is 2.39 bits per heavy atom. The number of thiazole rings is 1. The summed E-state index contributed by atoms with van der Waals surface area (Å²) in [6, 6.07) is 3.66. The quantitative estimate of drug-likeness (QED) is 0.593. The molecule has 0 unspecified atom stereocenters. The third-order valence-corrected chi connectivity index (χ3v) is 3.78. The van der Waals surface area contributed by atoms with Crippen LogP contribution in [0.25, 0.3) is 0 Å². The van der Waals surface area contributed by atoms with Gasteiger partial charge in [-0.15, -0.1) is 11.3 Å². The molecular formula is C13H16N2O2S. The highest BCUT2D eigenvalue weighted by molar-refractivity contribution is 7.09. The average molecular weight is 264 g/mol. The number of ketones is 1. The van der Waals surface area contributed by atoms with Crippen LogP contribution in [0.15, 0.2) is 23.8 Å². The highest BCUT2D eigenvalue weighted by Crippen LogP contribution is 2.12.